The van der Waals surface area contributed by atoms with Crippen LogP contribution in [-0.4, -0.2) is 26.1 Å². The van der Waals surface area contributed by atoms with Crippen LogP contribution in [0.3, 0.4) is 0 Å². The van der Waals surface area contributed by atoms with Crippen LogP contribution in [-0.2, 0) is 0 Å². The van der Waals surface area contributed by atoms with E-state index in [0.29, 0.717) is 11.3 Å². The molecule has 0 radical (unpaired) electrons. The van der Waals surface area contributed by atoms with E-state index in [1.807, 2.05) is 0 Å². The molecule has 0 aliphatic heterocycles. The third kappa shape index (κ3) is 2.76. The third-order valence-electron chi connectivity index (χ3n) is 2.85. The quantitative estimate of drug-likeness (QED) is 0.798. The molecular formula is C14H10FN5O. The highest BCUT2D eigenvalue weighted by Crippen LogP contribution is 2.19. The van der Waals surface area contributed by atoms with Gasteiger partial charge in [0.05, 0.1) is 11.4 Å². The second-order valence-corrected chi connectivity index (χ2v) is 4.24. The van der Waals surface area contributed by atoms with E-state index in [9.17, 15) is 9.18 Å². The van der Waals surface area contributed by atoms with Crippen molar-refractivity contribution in [3.8, 4) is 5.69 Å². The third-order valence-corrected chi connectivity index (χ3v) is 2.85. The molecule has 6 nitrogen and oxygen atoms in total. The van der Waals surface area contributed by atoms with Gasteiger partial charge in [-0.3, -0.25) is 4.79 Å². The fourth-order valence-electron chi connectivity index (χ4n) is 1.82. The first kappa shape index (κ1) is 12.9. The van der Waals surface area contributed by atoms with Crippen molar-refractivity contribution in [3.05, 3.63) is 66.2 Å². The van der Waals surface area contributed by atoms with Crippen LogP contribution < -0.4 is 5.32 Å². The molecule has 1 heterocycles. The molecule has 0 saturated carbocycles. The van der Waals surface area contributed by atoms with Crippen molar-refractivity contribution in [1.82, 2.24) is 20.2 Å². The number of hydrogen-bond acceptors (Lipinski definition) is 4. The predicted molar refractivity (Wildman–Crippen MR) is 73.5 cm³/mol. The van der Waals surface area contributed by atoms with Crippen LogP contribution >= 0.6 is 0 Å². The molecule has 21 heavy (non-hydrogen) atoms. The van der Waals surface area contributed by atoms with E-state index in [2.05, 4.69) is 20.8 Å². The normalized spacial score (nSPS) is 10.3. The molecule has 1 aromatic heterocycles. The Kier molecular flexibility index (Phi) is 3.38. The summed E-state index contributed by atoms with van der Waals surface area (Å²) in [6.45, 7) is 0. The van der Waals surface area contributed by atoms with Gasteiger partial charge in [-0.2, -0.15) is 0 Å². The summed E-state index contributed by atoms with van der Waals surface area (Å²) in [5, 5.41) is 13.3. The number of hydrogen-bond donors (Lipinski definition) is 1. The molecule has 3 rings (SSSR count). The number of anilines is 1. The van der Waals surface area contributed by atoms with E-state index in [4.69, 9.17) is 0 Å². The number of aromatic nitrogens is 4. The van der Waals surface area contributed by atoms with Crippen LogP contribution in [0.2, 0.25) is 0 Å². The van der Waals surface area contributed by atoms with E-state index in [0.717, 1.165) is 0 Å². The van der Waals surface area contributed by atoms with Gasteiger partial charge in [0.2, 0.25) is 0 Å². The van der Waals surface area contributed by atoms with Crippen LogP contribution in [0.1, 0.15) is 10.4 Å². The Labute approximate surface area is 119 Å². The molecule has 0 aliphatic rings. The molecule has 1 amide bonds. The number of amides is 1. The van der Waals surface area contributed by atoms with Gasteiger partial charge in [-0.15, -0.1) is 5.10 Å². The van der Waals surface area contributed by atoms with Gasteiger partial charge in [-0.25, -0.2) is 9.07 Å². The monoisotopic (exact) mass is 283 g/mol. The van der Waals surface area contributed by atoms with Gasteiger partial charge in [0.1, 0.15) is 12.1 Å². The first-order valence-electron chi connectivity index (χ1n) is 6.13. The number of halogens is 1. The van der Waals surface area contributed by atoms with Gasteiger partial charge < -0.3 is 5.32 Å². The fourth-order valence-corrected chi connectivity index (χ4v) is 1.82. The summed E-state index contributed by atoms with van der Waals surface area (Å²) < 4.78 is 15.2. The molecule has 0 unspecified atom stereocenters. The number of benzene rings is 2. The number of nitrogens with one attached hydrogen (secondary N) is 1. The molecule has 1 N–H and O–H groups in total. The second kappa shape index (κ2) is 5.49. The number of tetrazole rings is 1. The number of carbonyl (C=O) groups is 1. The Morgan fingerprint density at radius 1 is 1.14 bits per heavy atom. The zero-order chi connectivity index (χ0) is 14.7. The lowest BCUT2D eigenvalue weighted by Gasteiger charge is -2.08. The average Bonchev–Trinajstić information content (AvgIpc) is 3.04. The molecule has 0 spiro atoms. The Morgan fingerprint density at radius 3 is 2.67 bits per heavy atom. The van der Waals surface area contributed by atoms with Crippen molar-refractivity contribution < 1.29 is 9.18 Å². The summed E-state index contributed by atoms with van der Waals surface area (Å²) in [6.07, 6.45) is 1.38. The van der Waals surface area contributed by atoms with Gasteiger partial charge in [-0.05, 0) is 40.8 Å². The van der Waals surface area contributed by atoms with Gasteiger partial charge in [0.15, 0.2) is 0 Å². The number of nitrogens with zero attached hydrogens (tertiary/aromatic N) is 4. The minimum absolute atomic E-state index is 0.0665. The smallest absolute Gasteiger partial charge is 0.255 e. The molecule has 0 aliphatic carbocycles. The average molecular weight is 283 g/mol. The maximum Gasteiger partial charge on any atom is 0.255 e. The minimum Gasteiger partial charge on any atom is -0.319 e. The van der Waals surface area contributed by atoms with Crippen LogP contribution in [0.5, 0.6) is 0 Å². The zero-order valence-electron chi connectivity index (χ0n) is 10.8. The standard InChI is InChI=1S/C14H10FN5O/c15-12-7-6-11(20-9-16-18-19-20)8-13(12)17-14(21)10-4-2-1-3-5-10/h1-9H,(H,17,21). The summed E-state index contributed by atoms with van der Waals surface area (Å²) in [5.41, 5.74) is 1.06. The molecule has 7 heteroatoms. The highest BCUT2D eigenvalue weighted by atomic mass is 19.1. The van der Waals surface area contributed by atoms with Gasteiger partial charge in [-0.1, -0.05) is 18.2 Å². The van der Waals surface area contributed by atoms with Crippen molar-refractivity contribution in [2.45, 2.75) is 0 Å². The fraction of sp³-hybridized carbons (Fsp3) is 0. The number of carbonyl (C=O) groups excluding carboxylic acids is 1. The van der Waals surface area contributed by atoms with Crippen LogP contribution in [0.25, 0.3) is 5.69 Å². The lowest BCUT2D eigenvalue weighted by atomic mass is 10.2. The molecule has 3 aromatic rings. The van der Waals surface area contributed by atoms with Crippen molar-refractivity contribution in [2.75, 3.05) is 5.32 Å². The molecule has 0 saturated heterocycles. The first-order chi connectivity index (χ1) is 10.2. The lowest BCUT2D eigenvalue weighted by Crippen LogP contribution is -2.13. The summed E-state index contributed by atoms with van der Waals surface area (Å²) in [5.74, 6) is -0.917. The highest BCUT2D eigenvalue weighted by molar-refractivity contribution is 6.04. The minimum atomic E-state index is -0.531. The van der Waals surface area contributed by atoms with Crippen molar-refractivity contribution in [1.29, 1.82) is 0 Å². The van der Waals surface area contributed by atoms with E-state index in [1.165, 1.54) is 29.2 Å². The van der Waals surface area contributed by atoms with E-state index >= 15 is 0 Å². The topological polar surface area (TPSA) is 72.7 Å². The summed E-state index contributed by atoms with van der Waals surface area (Å²) in [7, 11) is 0. The summed E-state index contributed by atoms with van der Waals surface area (Å²) in [6, 6.07) is 12.8. The molecular weight excluding hydrogens is 273 g/mol. The zero-order valence-corrected chi connectivity index (χ0v) is 10.8. The summed E-state index contributed by atoms with van der Waals surface area (Å²) >= 11 is 0. The van der Waals surface area contributed by atoms with Crippen LogP contribution in [0.4, 0.5) is 10.1 Å². The van der Waals surface area contributed by atoms with Crippen LogP contribution in [0, 0.1) is 5.82 Å². The Bertz CT molecular complexity index is 758. The van der Waals surface area contributed by atoms with Crippen molar-refractivity contribution >= 4 is 11.6 Å². The summed E-state index contributed by atoms with van der Waals surface area (Å²) in [4.78, 5) is 12.0. The highest BCUT2D eigenvalue weighted by Gasteiger charge is 2.10. The Balaban J connectivity index is 1.88. The second-order valence-electron chi connectivity index (χ2n) is 4.24. The Hall–Kier alpha value is -3.09. The molecule has 0 atom stereocenters. The van der Waals surface area contributed by atoms with Gasteiger partial charge >= 0.3 is 0 Å². The first-order valence-corrected chi connectivity index (χ1v) is 6.13. The molecule has 104 valence electrons. The molecule has 0 bridgehead atoms. The maximum absolute atomic E-state index is 13.8. The van der Waals surface area contributed by atoms with E-state index in [1.54, 1.807) is 30.3 Å². The Morgan fingerprint density at radius 2 is 1.95 bits per heavy atom. The van der Waals surface area contributed by atoms with Crippen LogP contribution in [0.15, 0.2) is 54.9 Å². The largest absolute Gasteiger partial charge is 0.319 e. The van der Waals surface area contributed by atoms with Crippen molar-refractivity contribution in [2.24, 2.45) is 0 Å². The van der Waals surface area contributed by atoms with Crippen molar-refractivity contribution in [3.63, 3.8) is 0 Å². The molecule has 0 fully saturated rings. The van der Waals surface area contributed by atoms with Gasteiger partial charge in [0.25, 0.3) is 5.91 Å². The van der Waals surface area contributed by atoms with E-state index < -0.39 is 5.82 Å². The molecule has 2 aromatic carbocycles. The van der Waals surface area contributed by atoms with E-state index in [-0.39, 0.29) is 11.6 Å². The SMILES string of the molecule is O=C(Nc1cc(-n2cnnn2)ccc1F)c1ccccc1. The number of rotatable bonds is 3. The maximum atomic E-state index is 13.8. The van der Waals surface area contributed by atoms with Gasteiger partial charge in [0, 0.05) is 5.56 Å². The predicted octanol–water partition coefficient (Wildman–Crippen LogP) is 2.05. The lowest BCUT2D eigenvalue weighted by molar-refractivity contribution is 0.102.